The molecule has 6 nitrogen and oxygen atoms in total. The molecule has 2 aliphatic heterocycles. The number of amides is 2. The zero-order chi connectivity index (χ0) is 22.7. The van der Waals surface area contributed by atoms with E-state index in [-0.39, 0.29) is 23.5 Å². The molecule has 0 unspecified atom stereocenters. The summed E-state index contributed by atoms with van der Waals surface area (Å²) in [6.07, 6.45) is 7.27. The van der Waals surface area contributed by atoms with E-state index in [9.17, 15) is 14.0 Å². The van der Waals surface area contributed by atoms with Crippen LogP contribution in [0.5, 0.6) is 0 Å². The fourth-order valence-electron chi connectivity index (χ4n) is 5.13. The van der Waals surface area contributed by atoms with E-state index in [1.54, 1.807) is 25.3 Å². The summed E-state index contributed by atoms with van der Waals surface area (Å²) in [5.41, 5.74) is 2.20. The van der Waals surface area contributed by atoms with Crippen molar-refractivity contribution in [1.29, 1.82) is 0 Å². The summed E-state index contributed by atoms with van der Waals surface area (Å²) in [4.78, 5) is 38.6. The molecule has 2 saturated heterocycles. The molecule has 1 aromatic heterocycles. The lowest BCUT2D eigenvalue weighted by molar-refractivity contribution is -0.149. The Labute approximate surface area is 188 Å². The lowest BCUT2D eigenvalue weighted by atomic mass is 9.72. The smallest absolute Gasteiger partial charge is 0.229 e. The first-order valence-corrected chi connectivity index (χ1v) is 11.4. The van der Waals surface area contributed by atoms with Gasteiger partial charge in [-0.3, -0.25) is 19.6 Å². The fraction of sp³-hybridized carbons (Fsp3) is 0.520. The Morgan fingerprint density at radius 3 is 2.47 bits per heavy atom. The predicted octanol–water partition coefficient (Wildman–Crippen LogP) is 3.50. The van der Waals surface area contributed by atoms with Crippen molar-refractivity contribution in [2.75, 3.05) is 26.2 Å². The maximum absolute atomic E-state index is 14.0. The second kappa shape index (κ2) is 9.35. The number of aromatic nitrogens is 2. The minimum atomic E-state index is -0.579. The lowest BCUT2D eigenvalue weighted by Crippen LogP contribution is -2.53. The third kappa shape index (κ3) is 4.81. The molecule has 4 rings (SSSR count). The summed E-state index contributed by atoms with van der Waals surface area (Å²) in [5, 5.41) is 0. The van der Waals surface area contributed by atoms with Crippen molar-refractivity contribution in [1.82, 2.24) is 19.8 Å². The molecule has 2 amide bonds. The van der Waals surface area contributed by atoms with Crippen LogP contribution >= 0.6 is 0 Å². The zero-order valence-electron chi connectivity index (χ0n) is 18.9. The van der Waals surface area contributed by atoms with E-state index in [0.29, 0.717) is 38.9 Å². The first kappa shape index (κ1) is 22.4. The summed E-state index contributed by atoms with van der Waals surface area (Å²) >= 11 is 0. The molecule has 1 atom stereocenters. The number of hydrogen-bond donors (Lipinski definition) is 0. The molecule has 32 heavy (non-hydrogen) atoms. The van der Waals surface area contributed by atoms with Crippen molar-refractivity contribution in [3.63, 3.8) is 0 Å². The highest BCUT2D eigenvalue weighted by Gasteiger charge is 2.45. The average molecular weight is 439 g/mol. The monoisotopic (exact) mass is 438 g/mol. The van der Waals surface area contributed by atoms with E-state index in [2.05, 4.69) is 9.97 Å². The van der Waals surface area contributed by atoms with Gasteiger partial charge in [0.1, 0.15) is 5.82 Å². The normalized spacial score (nSPS) is 20.8. The van der Waals surface area contributed by atoms with Gasteiger partial charge < -0.3 is 9.80 Å². The Morgan fingerprint density at radius 1 is 1.09 bits per heavy atom. The first-order chi connectivity index (χ1) is 15.4. The maximum atomic E-state index is 14.0. The van der Waals surface area contributed by atoms with Gasteiger partial charge in [0, 0.05) is 51.4 Å². The van der Waals surface area contributed by atoms with Gasteiger partial charge in [-0.25, -0.2) is 4.39 Å². The van der Waals surface area contributed by atoms with E-state index in [1.807, 2.05) is 22.9 Å². The quantitative estimate of drug-likeness (QED) is 0.733. The number of aryl methyl sites for hydroxylation is 1. The van der Waals surface area contributed by atoms with Crippen molar-refractivity contribution in [3.05, 3.63) is 59.4 Å². The molecule has 0 N–H and O–H groups in total. The third-order valence-corrected chi connectivity index (χ3v) is 6.98. The van der Waals surface area contributed by atoms with Gasteiger partial charge in [0.2, 0.25) is 11.8 Å². The summed E-state index contributed by atoms with van der Waals surface area (Å²) < 4.78 is 13.5. The first-order valence-electron chi connectivity index (χ1n) is 11.4. The Kier molecular flexibility index (Phi) is 6.53. The molecule has 0 bridgehead atoms. The van der Waals surface area contributed by atoms with Crippen molar-refractivity contribution in [2.24, 2.45) is 5.41 Å². The fourth-order valence-corrected chi connectivity index (χ4v) is 5.13. The van der Waals surface area contributed by atoms with Gasteiger partial charge >= 0.3 is 0 Å². The minimum Gasteiger partial charge on any atom is -0.343 e. The van der Waals surface area contributed by atoms with Crippen LogP contribution in [0, 0.1) is 18.2 Å². The summed E-state index contributed by atoms with van der Waals surface area (Å²) in [7, 11) is 0. The summed E-state index contributed by atoms with van der Waals surface area (Å²) in [5.74, 6) is 0.0955. The Morgan fingerprint density at radius 2 is 1.81 bits per heavy atom. The van der Waals surface area contributed by atoms with Crippen LogP contribution in [0.3, 0.4) is 0 Å². The van der Waals surface area contributed by atoms with Gasteiger partial charge in [-0.1, -0.05) is 12.1 Å². The second-order valence-corrected chi connectivity index (χ2v) is 9.27. The molecular weight excluding hydrogens is 407 g/mol. The number of likely N-dealkylation sites (tertiary alicyclic amines) is 2. The van der Waals surface area contributed by atoms with Crippen LogP contribution in [-0.2, 0) is 16.0 Å². The third-order valence-electron chi connectivity index (χ3n) is 6.98. The lowest BCUT2D eigenvalue weighted by Gasteiger charge is -2.45. The Hall–Kier alpha value is -2.83. The molecule has 7 heteroatoms. The van der Waals surface area contributed by atoms with Gasteiger partial charge in [0.05, 0.1) is 16.8 Å². The largest absolute Gasteiger partial charge is 0.343 e. The molecule has 0 saturated carbocycles. The molecule has 0 radical (unpaired) electrons. The number of carbonyl (C=O) groups is 2. The molecule has 170 valence electrons. The van der Waals surface area contributed by atoms with E-state index < -0.39 is 5.41 Å². The van der Waals surface area contributed by atoms with E-state index in [4.69, 9.17) is 0 Å². The van der Waals surface area contributed by atoms with Crippen LogP contribution < -0.4 is 0 Å². The van der Waals surface area contributed by atoms with E-state index in [1.165, 1.54) is 12.1 Å². The van der Waals surface area contributed by atoms with Crippen LogP contribution in [-0.4, -0.2) is 57.8 Å². The van der Waals surface area contributed by atoms with Crippen molar-refractivity contribution < 1.29 is 14.0 Å². The predicted molar refractivity (Wildman–Crippen MR) is 119 cm³/mol. The number of nitrogens with zero attached hydrogens (tertiary/aromatic N) is 4. The molecular formula is C25H31FN4O2. The van der Waals surface area contributed by atoms with Crippen LogP contribution in [0.25, 0.3) is 0 Å². The van der Waals surface area contributed by atoms with Crippen LogP contribution in [0.1, 0.15) is 55.5 Å². The van der Waals surface area contributed by atoms with Gasteiger partial charge in [-0.2, -0.15) is 0 Å². The van der Waals surface area contributed by atoms with Crippen molar-refractivity contribution in [3.8, 4) is 0 Å². The van der Waals surface area contributed by atoms with Gasteiger partial charge in [0.15, 0.2) is 0 Å². The zero-order valence-corrected chi connectivity index (χ0v) is 18.9. The highest BCUT2D eigenvalue weighted by molar-refractivity contribution is 5.84. The maximum Gasteiger partial charge on any atom is 0.229 e. The second-order valence-electron chi connectivity index (χ2n) is 9.27. The molecule has 2 aliphatic rings. The van der Waals surface area contributed by atoms with Crippen LogP contribution in [0.2, 0.25) is 0 Å². The summed E-state index contributed by atoms with van der Waals surface area (Å²) in [6.45, 7) is 6.02. The SMILES string of the molecule is CC(=O)N1CCC(Cc2ccc(F)cc2)(C(=O)N2CCC[C@@H](c3cncc(C)n3)C2)CC1. The molecule has 0 aliphatic carbocycles. The number of halogens is 1. The highest BCUT2D eigenvalue weighted by Crippen LogP contribution is 2.39. The van der Waals surface area contributed by atoms with Gasteiger partial charge in [-0.15, -0.1) is 0 Å². The summed E-state index contributed by atoms with van der Waals surface area (Å²) in [6, 6.07) is 6.43. The van der Waals surface area contributed by atoms with Crippen LogP contribution in [0.4, 0.5) is 4.39 Å². The van der Waals surface area contributed by atoms with Crippen molar-refractivity contribution >= 4 is 11.8 Å². The number of benzene rings is 1. The Bertz CT molecular complexity index is 970. The number of carbonyl (C=O) groups excluding carboxylic acids is 2. The average Bonchev–Trinajstić information content (AvgIpc) is 2.80. The van der Waals surface area contributed by atoms with Crippen molar-refractivity contribution in [2.45, 2.75) is 51.9 Å². The van der Waals surface area contributed by atoms with E-state index in [0.717, 1.165) is 36.3 Å². The molecule has 1 aromatic carbocycles. The van der Waals surface area contributed by atoms with Gasteiger partial charge in [0.25, 0.3) is 0 Å². The topological polar surface area (TPSA) is 66.4 Å². The number of rotatable bonds is 4. The van der Waals surface area contributed by atoms with Gasteiger partial charge in [-0.05, 0) is 56.7 Å². The standard InChI is InChI=1S/C25H31FN4O2/c1-18-15-27-16-23(28-18)21-4-3-11-30(17-21)24(32)25(9-12-29(13-10-25)19(2)31)14-20-5-7-22(26)8-6-20/h5-8,15-16,21H,3-4,9-14,17H2,1-2H3/t21-/m1/s1. The number of hydrogen-bond acceptors (Lipinski definition) is 4. The van der Waals surface area contributed by atoms with Crippen LogP contribution in [0.15, 0.2) is 36.7 Å². The molecule has 2 aromatic rings. The molecule has 2 fully saturated rings. The minimum absolute atomic E-state index is 0.0453. The Balaban J connectivity index is 1.56. The highest BCUT2D eigenvalue weighted by atomic mass is 19.1. The van der Waals surface area contributed by atoms with E-state index >= 15 is 0 Å². The molecule has 0 spiro atoms. The molecule has 3 heterocycles. The number of piperidine rings is 2.